The fourth-order valence-corrected chi connectivity index (χ4v) is 13.1. The number of fused-ring (bicyclic) bond motifs is 6. The minimum atomic E-state index is 0.216. The van der Waals surface area contributed by atoms with Gasteiger partial charge in [-0.15, -0.1) is 0 Å². The summed E-state index contributed by atoms with van der Waals surface area (Å²) in [4.78, 5) is 4.99. The normalized spacial score (nSPS) is 12.1. The highest BCUT2D eigenvalue weighted by Gasteiger charge is 2.29. The lowest BCUT2D eigenvalue weighted by molar-refractivity contribution is 0.670. The van der Waals surface area contributed by atoms with E-state index < -0.39 is 0 Å². The first-order valence-corrected chi connectivity index (χ1v) is 28.7. The smallest absolute Gasteiger partial charge is 0.159 e. The van der Waals surface area contributed by atoms with Gasteiger partial charge in [0.15, 0.2) is 11.2 Å². The van der Waals surface area contributed by atoms with E-state index in [9.17, 15) is 0 Å². The van der Waals surface area contributed by atoms with Crippen molar-refractivity contribution in [3.63, 3.8) is 0 Å². The van der Waals surface area contributed by atoms with Gasteiger partial charge in [0.1, 0.15) is 11.2 Å². The van der Waals surface area contributed by atoms with Crippen LogP contribution in [0.25, 0.3) is 98.4 Å². The van der Waals surface area contributed by atoms with Crippen LogP contribution in [0.15, 0.2) is 215 Å². The lowest BCUT2D eigenvalue weighted by Crippen LogP contribution is -2.13. The highest BCUT2D eigenvalue weighted by Crippen LogP contribution is 2.54. The summed E-state index contributed by atoms with van der Waals surface area (Å²) in [6.07, 6.45) is 1.83. The number of anilines is 6. The molecule has 0 saturated carbocycles. The Kier molecular flexibility index (Phi) is 11.9. The third-order valence-electron chi connectivity index (χ3n) is 17.2. The van der Waals surface area contributed by atoms with Gasteiger partial charge in [0, 0.05) is 54.8 Å². The van der Waals surface area contributed by atoms with Crippen molar-refractivity contribution in [1.82, 2.24) is 0 Å². The van der Waals surface area contributed by atoms with E-state index in [-0.39, 0.29) is 11.8 Å². The topological polar surface area (TPSA) is 32.8 Å². The zero-order valence-corrected chi connectivity index (χ0v) is 46.9. The van der Waals surface area contributed by atoms with Gasteiger partial charge in [-0.05, 0) is 153 Å². The van der Waals surface area contributed by atoms with E-state index in [1.807, 2.05) is 0 Å². The maximum atomic E-state index is 7.32. The number of nitrogens with zero attached hydrogens (tertiary/aromatic N) is 2. The quantitative estimate of drug-likeness (QED) is 0.114. The monoisotopic (exact) mass is 1040 g/mol. The van der Waals surface area contributed by atoms with Crippen LogP contribution in [-0.2, 0) is 12.8 Å². The van der Waals surface area contributed by atoms with Gasteiger partial charge in [0.25, 0.3) is 0 Å². The van der Waals surface area contributed by atoms with Gasteiger partial charge in [-0.25, -0.2) is 0 Å². The molecular formula is C76H64N2O2. The van der Waals surface area contributed by atoms with Crippen LogP contribution in [0.1, 0.15) is 86.8 Å². The molecule has 0 fully saturated rings. The molecule has 0 unspecified atom stereocenters. The van der Waals surface area contributed by atoms with Crippen LogP contribution in [0.2, 0.25) is 0 Å². The van der Waals surface area contributed by atoms with Crippen molar-refractivity contribution >= 4 is 110 Å². The Morgan fingerprint density at radius 3 is 1.09 bits per heavy atom. The molecule has 14 rings (SSSR count). The van der Waals surface area contributed by atoms with Crippen LogP contribution in [-0.4, -0.2) is 0 Å². The zero-order chi connectivity index (χ0) is 54.5. The number of aryl methyl sites for hydroxylation is 4. The second kappa shape index (κ2) is 19.4. The van der Waals surface area contributed by atoms with Crippen molar-refractivity contribution in [3.05, 3.63) is 240 Å². The molecule has 0 bridgehead atoms. The van der Waals surface area contributed by atoms with E-state index in [0.717, 1.165) is 102 Å². The van der Waals surface area contributed by atoms with Gasteiger partial charge in [-0.3, -0.25) is 0 Å². The maximum Gasteiger partial charge on any atom is 0.159 e. The van der Waals surface area contributed by atoms with E-state index in [1.165, 1.54) is 76.8 Å². The predicted octanol–water partition coefficient (Wildman–Crippen LogP) is 22.6. The molecule has 12 aromatic carbocycles. The van der Waals surface area contributed by atoms with Crippen molar-refractivity contribution in [1.29, 1.82) is 0 Å². The van der Waals surface area contributed by atoms with Gasteiger partial charge < -0.3 is 18.6 Å². The number of hydrogen-bond donors (Lipinski definition) is 0. The summed E-state index contributed by atoms with van der Waals surface area (Å²) in [5.41, 5.74) is 22.1. The van der Waals surface area contributed by atoms with Crippen LogP contribution < -0.4 is 9.80 Å². The zero-order valence-electron chi connectivity index (χ0n) is 46.9. The van der Waals surface area contributed by atoms with Crippen molar-refractivity contribution in [2.24, 2.45) is 0 Å². The average molecular weight is 1040 g/mol. The number of benzene rings is 12. The molecule has 2 aromatic heterocycles. The molecule has 0 aliphatic rings. The molecule has 80 heavy (non-hydrogen) atoms. The molecule has 0 aliphatic heterocycles. The van der Waals surface area contributed by atoms with Crippen LogP contribution in [0.4, 0.5) is 34.1 Å². The summed E-state index contributed by atoms with van der Waals surface area (Å²) in [5.74, 6) is 0.432. The van der Waals surface area contributed by atoms with Crippen LogP contribution >= 0.6 is 0 Å². The van der Waals surface area contributed by atoms with Gasteiger partial charge in [-0.1, -0.05) is 199 Å². The average Bonchev–Trinajstić information content (AvgIpc) is 3.49. The molecule has 2 heterocycles. The van der Waals surface area contributed by atoms with E-state index in [4.69, 9.17) is 8.83 Å². The Morgan fingerprint density at radius 2 is 0.688 bits per heavy atom. The lowest BCUT2D eigenvalue weighted by Gasteiger charge is -2.31. The highest BCUT2D eigenvalue weighted by atomic mass is 16.3. The number of furan rings is 2. The molecule has 4 heteroatoms. The number of para-hydroxylation sites is 4. The fourth-order valence-electron chi connectivity index (χ4n) is 13.1. The summed E-state index contributed by atoms with van der Waals surface area (Å²) in [6, 6.07) is 76.6. The minimum absolute atomic E-state index is 0.216. The Balaban J connectivity index is 1.08. The first kappa shape index (κ1) is 49.2. The molecule has 0 N–H and O–H groups in total. The van der Waals surface area contributed by atoms with E-state index >= 15 is 0 Å². The van der Waals surface area contributed by atoms with Crippen molar-refractivity contribution in [2.45, 2.75) is 80.1 Å². The molecule has 390 valence electrons. The van der Waals surface area contributed by atoms with Crippen LogP contribution in [0.5, 0.6) is 0 Å². The molecular weight excluding hydrogens is 973 g/mol. The molecule has 0 aliphatic carbocycles. The molecule has 0 radical (unpaired) electrons. The van der Waals surface area contributed by atoms with Gasteiger partial charge in [0.05, 0.1) is 22.7 Å². The molecule has 0 amide bonds. The summed E-state index contributed by atoms with van der Waals surface area (Å²) in [7, 11) is 0. The lowest BCUT2D eigenvalue weighted by atomic mass is 9.84. The van der Waals surface area contributed by atoms with Crippen molar-refractivity contribution in [2.75, 3.05) is 9.80 Å². The highest BCUT2D eigenvalue weighted by molar-refractivity contribution is 6.30. The Bertz CT molecular complexity index is 4440. The maximum absolute atomic E-state index is 7.32. The SMILES string of the molecule is CCc1cccc(N(c2cc(C(C)C)c3ccc4c(N(c5cccc(CC)c5)c5cccc6c5oc5c(-c7ccccc7C)cccc56)cc(C(C)C)c5ccc2c3c54)c2cccc3c2oc2c(-c4ccccc4C)cccc23)c1. The van der Waals surface area contributed by atoms with Crippen molar-refractivity contribution < 1.29 is 8.83 Å². The third kappa shape index (κ3) is 7.71. The Hall–Kier alpha value is -9.12. The van der Waals surface area contributed by atoms with Crippen LogP contribution in [0.3, 0.4) is 0 Å². The first-order valence-electron chi connectivity index (χ1n) is 28.7. The number of hydrogen-bond acceptors (Lipinski definition) is 4. The summed E-state index contributed by atoms with van der Waals surface area (Å²) >= 11 is 0. The summed E-state index contributed by atoms with van der Waals surface area (Å²) < 4.78 is 14.6. The standard InChI is InChI=1S/C76H64N2O2/c1-9-49-23-15-25-51(41-49)77(67-35-19-33-61-59-31-17-29-57(73(59)79-75(61)67)53-27-13-11-21-47(53)7)69-43-65(45(3)4)55-38-40-64-70(44-66(46(5)6)56-37-39-63(69)71(55)72(56)64)78(52-26-16-24-50(10-2)42-52)68-36-20-34-62-60-32-18-30-58(74(60)80-76(62)68)54-28-14-12-22-48(54)8/h11-46H,9-10H2,1-8H3. The Morgan fingerprint density at radius 1 is 0.325 bits per heavy atom. The van der Waals surface area contributed by atoms with Crippen molar-refractivity contribution in [3.8, 4) is 22.3 Å². The van der Waals surface area contributed by atoms with E-state index in [2.05, 4.69) is 271 Å². The second-order valence-electron chi connectivity index (χ2n) is 22.6. The summed E-state index contributed by atoms with van der Waals surface area (Å²) in [6.45, 7) is 18.2. The molecule has 0 saturated heterocycles. The third-order valence-corrected chi connectivity index (χ3v) is 17.2. The molecule has 4 nitrogen and oxygen atoms in total. The van der Waals surface area contributed by atoms with E-state index in [1.54, 1.807) is 0 Å². The number of rotatable bonds is 12. The first-order chi connectivity index (χ1) is 39.1. The van der Waals surface area contributed by atoms with Gasteiger partial charge >= 0.3 is 0 Å². The Labute approximate surface area is 468 Å². The molecule has 0 spiro atoms. The molecule has 14 aromatic rings. The van der Waals surface area contributed by atoms with E-state index in [0.29, 0.717) is 0 Å². The summed E-state index contributed by atoms with van der Waals surface area (Å²) in [5, 5.41) is 11.9. The minimum Gasteiger partial charge on any atom is -0.453 e. The van der Waals surface area contributed by atoms with Crippen LogP contribution in [0, 0.1) is 13.8 Å². The largest absolute Gasteiger partial charge is 0.453 e. The van der Waals surface area contributed by atoms with Gasteiger partial charge in [0.2, 0.25) is 0 Å². The predicted molar refractivity (Wildman–Crippen MR) is 341 cm³/mol. The van der Waals surface area contributed by atoms with Gasteiger partial charge in [-0.2, -0.15) is 0 Å². The second-order valence-corrected chi connectivity index (χ2v) is 22.6. The fraction of sp³-hybridized carbons (Fsp3) is 0.158. The molecule has 0 atom stereocenters.